The molecule has 0 amide bonds. The molecule has 2 aliphatic heterocycles. The number of nitrogens with zero attached hydrogens (tertiary/aromatic N) is 5. The highest BCUT2D eigenvalue weighted by Crippen LogP contribution is 2.30. The maximum atomic E-state index is 13.0. The highest BCUT2D eigenvalue weighted by Gasteiger charge is 2.29. The van der Waals surface area contributed by atoms with Gasteiger partial charge in [-0.15, -0.1) is 0 Å². The molecule has 5 heterocycles. The van der Waals surface area contributed by atoms with Crippen LogP contribution < -0.4 is 21.1 Å². The van der Waals surface area contributed by atoms with Crippen LogP contribution in [0.1, 0.15) is 25.3 Å². The molecule has 10 nitrogen and oxygen atoms in total. The Morgan fingerprint density at radius 1 is 1.11 bits per heavy atom. The molecule has 5 rings (SSSR count). The maximum absolute atomic E-state index is 13.0. The average molecular weight is 520 g/mol. The topological polar surface area (TPSA) is 108 Å². The SMILES string of the molecule is CCCCNc1cncc(-c2cc(Nc3ccc(N4CCN(C5COC5)CC4)cn3)c(=O)n(C)c2)c1CO. The summed E-state index contributed by atoms with van der Waals surface area (Å²) in [6.07, 6.45) is 9.19. The smallest absolute Gasteiger partial charge is 0.274 e. The molecule has 202 valence electrons. The third-order valence-electron chi connectivity index (χ3n) is 7.38. The number of ether oxygens (including phenoxy) is 1. The first-order valence-corrected chi connectivity index (χ1v) is 13.4. The van der Waals surface area contributed by atoms with Gasteiger partial charge in [0.1, 0.15) is 11.5 Å². The number of nitrogens with one attached hydrogen (secondary N) is 2. The minimum atomic E-state index is -0.161. The van der Waals surface area contributed by atoms with Crippen LogP contribution in [0.3, 0.4) is 0 Å². The molecule has 0 aliphatic carbocycles. The lowest BCUT2D eigenvalue weighted by molar-refractivity contribution is -0.0660. The van der Waals surface area contributed by atoms with Crippen LogP contribution in [0.5, 0.6) is 0 Å². The summed E-state index contributed by atoms with van der Waals surface area (Å²) in [6, 6.07) is 6.33. The van der Waals surface area contributed by atoms with Crippen molar-refractivity contribution in [2.75, 3.05) is 61.5 Å². The number of hydrogen-bond donors (Lipinski definition) is 3. The Labute approximate surface area is 223 Å². The predicted molar refractivity (Wildman–Crippen MR) is 150 cm³/mol. The minimum absolute atomic E-state index is 0.135. The van der Waals surface area contributed by atoms with Gasteiger partial charge in [-0.05, 0) is 24.6 Å². The summed E-state index contributed by atoms with van der Waals surface area (Å²) in [5.74, 6) is 0.601. The summed E-state index contributed by atoms with van der Waals surface area (Å²) < 4.78 is 6.87. The number of unbranched alkanes of at least 4 members (excludes halogenated alkanes) is 1. The fourth-order valence-electron chi connectivity index (χ4n) is 4.97. The maximum Gasteiger partial charge on any atom is 0.274 e. The molecule has 10 heteroatoms. The van der Waals surface area contributed by atoms with Crippen LogP contribution in [0.25, 0.3) is 11.1 Å². The molecular weight excluding hydrogens is 482 g/mol. The van der Waals surface area contributed by atoms with Gasteiger partial charge in [0.05, 0.1) is 49.6 Å². The standard InChI is InChI=1S/C28H37N7O3/c1-3-4-7-30-26-15-29-14-23(24(26)17-36)20-12-25(28(37)33(2)16-20)32-27-6-5-21(13-31-27)34-8-10-35(11-9-34)22-18-38-19-22/h5-6,12-16,22,30,36H,3-4,7-11,17-19H2,1-2H3,(H,31,32). The number of rotatable bonds is 10. The molecule has 2 aliphatic rings. The molecule has 0 spiro atoms. The van der Waals surface area contributed by atoms with Crippen LogP contribution in [-0.2, 0) is 18.4 Å². The van der Waals surface area contributed by atoms with Crippen molar-refractivity contribution in [1.29, 1.82) is 0 Å². The summed E-state index contributed by atoms with van der Waals surface area (Å²) in [7, 11) is 1.72. The molecule has 0 saturated carbocycles. The van der Waals surface area contributed by atoms with Gasteiger partial charge in [0, 0.05) is 68.9 Å². The number of aliphatic hydroxyl groups excluding tert-OH is 1. The number of aliphatic hydroxyl groups is 1. The monoisotopic (exact) mass is 519 g/mol. The van der Waals surface area contributed by atoms with Crippen LogP contribution in [-0.4, -0.2) is 76.5 Å². The lowest BCUT2D eigenvalue weighted by Crippen LogP contribution is -2.56. The van der Waals surface area contributed by atoms with Crippen LogP contribution in [0.2, 0.25) is 0 Å². The fraction of sp³-hybridized carbons (Fsp3) is 0.464. The first-order chi connectivity index (χ1) is 18.6. The van der Waals surface area contributed by atoms with E-state index in [1.54, 1.807) is 31.7 Å². The van der Waals surface area contributed by atoms with Crippen LogP contribution in [0, 0.1) is 0 Å². The number of piperazine rings is 1. The van der Waals surface area contributed by atoms with E-state index in [1.807, 2.05) is 18.3 Å². The highest BCUT2D eigenvalue weighted by molar-refractivity contribution is 5.75. The molecule has 2 saturated heterocycles. The van der Waals surface area contributed by atoms with Crippen molar-refractivity contribution in [3.05, 3.63) is 58.9 Å². The Balaban J connectivity index is 1.32. The molecule has 3 aromatic heterocycles. The molecule has 0 bridgehead atoms. The van der Waals surface area contributed by atoms with Crippen molar-refractivity contribution in [3.8, 4) is 11.1 Å². The largest absolute Gasteiger partial charge is 0.392 e. The van der Waals surface area contributed by atoms with Crippen molar-refractivity contribution in [3.63, 3.8) is 0 Å². The summed E-state index contributed by atoms with van der Waals surface area (Å²) in [5.41, 5.74) is 4.46. The van der Waals surface area contributed by atoms with E-state index in [0.717, 1.165) is 86.8 Å². The third-order valence-corrected chi connectivity index (χ3v) is 7.38. The van der Waals surface area contributed by atoms with E-state index in [2.05, 4.69) is 37.3 Å². The van der Waals surface area contributed by atoms with E-state index in [0.29, 0.717) is 17.5 Å². The first kappa shape index (κ1) is 26.1. The quantitative estimate of drug-likeness (QED) is 0.349. The van der Waals surface area contributed by atoms with Gasteiger partial charge in [-0.3, -0.25) is 14.7 Å². The normalized spacial score (nSPS) is 16.3. The van der Waals surface area contributed by atoms with Crippen LogP contribution in [0.15, 0.2) is 47.8 Å². The Kier molecular flexibility index (Phi) is 8.21. The Bertz CT molecular complexity index is 1280. The summed E-state index contributed by atoms with van der Waals surface area (Å²) in [6.45, 7) is 8.47. The zero-order valence-electron chi connectivity index (χ0n) is 22.2. The number of hydrogen-bond acceptors (Lipinski definition) is 9. The van der Waals surface area contributed by atoms with Crippen LogP contribution >= 0.6 is 0 Å². The van der Waals surface area contributed by atoms with Crippen molar-refractivity contribution in [2.24, 2.45) is 7.05 Å². The molecule has 3 aromatic rings. The highest BCUT2D eigenvalue weighted by atomic mass is 16.5. The van der Waals surface area contributed by atoms with Gasteiger partial charge in [-0.25, -0.2) is 4.98 Å². The van der Waals surface area contributed by atoms with Crippen molar-refractivity contribution >= 4 is 22.9 Å². The number of anilines is 4. The lowest BCUT2D eigenvalue weighted by atomic mass is 10.0. The van der Waals surface area contributed by atoms with Gasteiger partial charge >= 0.3 is 0 Å². The minimum Gasteiger partial charge on any atom is -0.392 e. The van der Waals surface area contributed by atoms with E-state index < -0.39 is 0 Å². The van der Waals surface area contributed by atoms with Gasteiger partial charge in [-0.1, -0.05) is 13.3 Å². The number of pyridine rings is 3. The number of aryl methyl sites for hydroxylation is 1. The molecule has 0 unspecified atom stereocenters. The average Bonchev–Trinajstić information content (AvgIpc) is 2.91. The second-order valence-electron chi connectivity index (χ2n) is 9.95. The summed E-state index contributed by atoms with van der Waals surface area (Å²) >= 11 is 0. The Hall–Kier alpha value is -3.47. The van der Waals surface area contributed by atoms with E-state index >= 15 is 0 Å². The van der Waals surface area contributed by atoms with Gasteiger partial charge in [-0.2, -0.15) is 0 Å². The molecule has 2 fully saturated rings. The summed E-state index contributed by atoms with van der Waals surface area (Å²) in [5, 5.41) is 16.7. The number of aromatic nitrogens is 3. The van der Waals surface area contributed by atoms with Crippen molar-refractivity contribution in [2.45, 2.75) is 32.4 Å². The first-order valence-electron chi connectivity index (χ1n) is 13.4. The van der Waals surface area contributed by atoms with Crippen LogP contribution in [0.4, 0.5) is 22.9 Å². The Morgan fingerprint density at radius 2 is 1.92 bits per heavy atom. The van der Waals surface area contributed by atoms with Crippen molar-refractivity contribution in [1.82, 2.24) is 19.4 Å². The second-order valence-corrected chi connectivity index (χ2v) is 9.95. The van der Waals surface area contributed by atoms with Gasteiger partial charge < -0.3 is 29.9 Å². The van der Waals surface area contributed by atoms with E-state index in [4.69, 9.17) is 4.74 Å². The lowest BCUT2D eigenvalue weighted by Gasteiger charge is -2.43. The van der Waals surface area contributed by atoms with Gasteiger partial charge in [0.2, 0.25) is 0 Å². The van der Waals surface area contributed by atoms with E-state index in [1.165, 1.54) is 4.57 Å². The van der Waals surface area contributed by atoms with Crippen molar-refractivity contribution < 1.29 is 9.84 Å². The molecule has 0 atom stereocenters. The molecule has 3 N–H and O–H groups in total. The molecular formula is C28H37N7O3. The second kappa shape index (κ2) is 11.9. The van der Waals surface area contributed by atoms with Gasteiger partial charge in [0.25, 0.3) is 5.56 Å². The Morgan fingerprint density at radius 3 is 2.58 bits per heavy atom. The predicted octanol–water partition coefficient (Wildman–Crippen LogP) is 2.81. The summed E-state index contributed by atoms with van der Waals surface area (Å²) in [4.78, 5) is 26.8. The van der Waals surface area contributed by atoms with Gasteiger partial charge in [0.15, 0.2) is 0 Å². The van der Waals surface area contributed by atoms with E-state index in [9.17, 15) is 9.90 Å². The molecule has 0 radical (unpaired) electrons. The fourth-order valence-corrected chi connectivity index (χ4v) is 4.97. The zero-order valence-corrected chi connectivity index (χ0v) is 22.2. The van der Waals surface area contributed by atoms with E-state index in [-0.39, 0.29) is 12.2 Å². The molecule has 38 heavy (non-hydrogen) atoms. The molecule has 0 aromatic carbocycles. The zero-order chi connectivity index (χ0) is 26.5. The third kappa shape index (κ3) is 5.67.